The predicted molar refractivity (Wildman–Crippen MR) is 118 cm³/mol. The molecule has 1 aliphatic carbocycles. The number of amides is 1. The molecule has 1 saturated heterocycles. The lowest BCUT2D eigenvalue weighted by molar-refractivity contribution is -0.0247. The largest absolute Gasteiger partial charge is 0.379 e. The number of methoxy groups -OCH3 is 1. The molecule has 3 N–H and O–H groups in total. The molecular formula is C21H25N7O4. The summed E-state index contributed by atoms with van der Waals surface area (Å²) >= 11 is 0. The fourth-order valence-electron chi connectivity index (χ4n) is 3.94. The molecule has 3 aromatic rings. The Kier molecular flexibility index (Phi) is 5.27. The molecule has 3 aromatic heterocycles. The third-order valence-corrected chi connectivity index (χ3v) is 6.05. The van der Waals surface area contributed by atoms with Crippen LogP contribution in [0.15, 0.2) is 35.4 Å². The summed E-state index contributed by atoms with van der Waals surface area (Å²) in [5, 5.41) is 13.5. The van der Waals surface area contributed by atoms with Crippen LogP contribution in [-0.2, 0) is 9.47 Å². The molecule has 11 nitrogen and oxygen atoms in total. The zero-order chi connectivity index (χ0) is 22.2. The van der Waals surface area contributed by atoms with Gasteiger partial charge in [0.25, 0.3) is 11.5 Å². The number of nitrogens with zero attached hydrogens (tertiary/aromatic N) is 4. The standard InChI is InChI=1S/C21H25N7O4/c1-22-18-8-17(24-15-4-3-7-27(21(15)30)12-10-32-11-12)26-19-13(9-23-28(18)19)20(29)25-14-5-6-16(14)31-2/h3-4,7-9,12,14,16,22H,5-6,10-11H2,1-2H3,(H,24,26)(H,25,29)/t14?,16-/m0/s1. The van der Waals surface area contributed by atoms with Gasteiger partial charge in [0.05, 0.1) is 37.6 Å². The number of carbonyl (C=O) groups excluding carboxylic acids is 1. The lowest BCUT2D eigenvalue weighted by Crippen LogP contribution is -2.51. The first kappa shape index (κ1) is 20.5. The lowest BCUT2D eigenvalue weighted by Gasteiger charge is -2.35. The molecule has 2 fully saturated rings. The lowest BCUT2D eigenvalue weighted by atomic mass is 9.89. The topological polar surface area (TPSA) is 124 Å². The van der Waals surface area contributed by atoms with Crippen molar-refractivity contribution in [2.24, 2.45) is 0 Å². The Labute approximate surface area is 183 Å². The van der Waals surface area contributed by atoms with Gasteiger partial charge in [0, 0.05) is 26.4 Å². The highest BCUT2D eigenvalue weighted by Crippen LogP contribution is 2.25. The van der Waals surface area contributed by atoms with Gasteiger partial charge in [-0.3, -0.25) is 9.59 Å². The maximum absolute atomic E-state index is 12.9. The van der Waals surface area contributed by atoms with Crippen LogP contribution in [0.3, 0.4) is 0 Å². The fraction of sp³-hybridized carbons (Fsp3) is 0.429. The van der Waals surface area contributed by atoms with Gasteiger partial charge in [-0.25, -0.2) is 4.98 Å². The Hall–Kier alpha value is -3.44. The van der Waals surface area contributed by atoms with Crippen molar-refractivity contribution in [3.05, 3.63) is 46.5 Å². The number of hydrogen-bond donors (Lipinski definition) is 3. The Bertz CT molecular complexity index is 1210. The molecule has 4 heterocycles. The maximum atomic E-state index is 12.9. The van der Waals surface area contributed by atoms with E-state index in [2.05, 4.69) is 26.0 Å². The van der Waals surface area contributed by atoms with Crippen molar-refractivity contribution in [3.63, 3.8) is 0 Å². The fourth-order valence-corrected chi connectivity index (χ4v) is 3.94. The molecule has 0 spiro atoms. The quantitative estimate of drug-likeness (QED) is 0.501. The Morgan fingerprint density at radius 3 is 2.81 bits per heavy atom. The second kappa shape index (κ2) is 8.24. The summed E-state index contributed by atoms with van der Waals surface area (Å²) in [6, 6.07) is 5.26. The van der Waals surface area contributed by atoms with Crippen molar-refractivity contribution in [1.29, 1.82) is 0 Å². The van der Waals surface area contributed by atoms with Crippen LogP contribution in [0.4, 0.5) is 17.3 Å². The molecule has 0 aromatic carbocycles. The molecule has 2 atom stereocenters. The molecule has 5 rings (SSSR count). The van der Waals surface area contributed by atoms with Crippen LogP contribution >= 0.6 is 0 Å². The number of fused-ring (bicyclic) bond motifs is 1. The van der Waals surface area contributed by atoms with Gasteiger partial charge in [-0.1, -0.05) is 0 Å². The monoisotopic (exact) mass is 439 g/mol. The molecule has 1 aliphatic heterocycles. The van der Waals surface area contributed by atoms with Gasteiger partial charge in [0.1, 0.15) is 22.9 Å². The number of nitrogens with one attached hydrogen (secondary N) is 3. The Morgan fingerprint density at radius 1 is 1.31 bits per heavy atom. The molecular weight excluding hydrogens is 414 g/mol. The molecule has 32 heavy (non-hydrogen) atoms. The summed E-state index contributed by atoms with van der Waals surface area (Å²) in [7, 11) is 3.40. The van der Waals surface area contributed by atoms with Crippen LogP contribution < -0.4 is 21.5 Å². The van der Waals surface area contributed by atoms with E-state index < -0.39 is 0 Å². The zero-order valence-electron chi connectivity index (χ0n) is 17.9. The van der Waals surface area contributed by atoms with Crippen molar-refractivity contribution in [2.45, 2.75) is 31.0 Å². The number of hydrogen-bond acceptors (Lipinski definition) is 8. The van der Waals surface area contributed by atoms with Crippen molar-refractivity contribution in [3.8, 4) is 0 Å². The number of pyridine rings is 1. The van der Waals surface area contributed by atoms with E-state index in [1.54, 1.807) is 41.6 Å². The minimum atomic E-state index is -0.259. The van der Waals surface area contributed by atoms with E-state index in [1.807, 2.05) is 6.07 Å². The van der Waals surface area contributed by atoms with Gasteiger partial charge in [-0.15, -0.1) is 0 Å². The molecule has 0 bridgehead atoms. The predicted octanol–water partition coefficient (Wildman–Crippen LogP) is 1.15. The first-order valence-corrected chi connectivity index (χ1v) is 10.5. The van der Waals surface area contributed by atoms with Gasteiger partial charge >= 0.3 is 0 Å². The number of anilines is 3. The van der Waals surface area contributed by atoms with E-state index in [1.165, 1.54) is 6.20 Å². The van der Waals surface area contributed by atoms with Gasteiger partial charge in [0.15, 0.2) is 5.65 Å². The molecule has 1 saturated carbocycles. The van der Waals surface area contributed by atoms with E-state index in [4.69, 9.17) is 9.47 Å². The zero-order valence-corrected chi connectivity index (χ0v) is 17.9. The van der Waals surface area contributed by atoms with Gasteiger partial charge in [-0.2, -0.15) is 9.61 Å². The van der Waals surface area contributed by atoms with Crippen molar-refractivity contribution >= 4 is 28.9 Å². The second-order valence-electron chi connectivity index (χ2n) is 7.95. The third-order valence-electron chi connectivity index (χ3n) is 6.05. The van der Waals surface area contributed by atoms with Crippen LogP contribution in [0, 0.1) is 0 Å². The summed E-state index contributed by atoms with van der Waals surface area (Å²) in [5.74, 6) is 0.790. The molecule has 0 radical (unpaired) electrons. The highest BCUT2D eigenvalue weighted by molar-refractivity contribution is 6.00. The number of carbonyl (C=O) groups is 1. The minimum absolute atomic E-state index is 0.0224. The molecule has 1 amide bonds. The second-order valence-corrected chi connectivity index (χ2v) is 7.95. The SMILES string of the molecule is CNc1cc(Nc2cccn(C3COC3)c2=O)nc2c(C(=O)NC3CC[C@@H]3OC)cnn12. The van der Waals surface area contributed by atoms with E-state index >= 15 is 0 Å². The van der Waals surface area contributed by atoms with E-state index in [-0.39, 0.29) is 29.7 Å². The normalized spacial score (nSPS) is 20.4. The van der Waals surface area contributed by atoms with Crippen molar-refractivity contribution in [2.75, 3.05) is 38.0 Å². The first-order valence-electron chi connectivity index (χ1n) is 10.5. The van der Waals surface area contributed by atoms with Crippen molar-refractivity contribution < 1.29 is 14.3 Å². The third kappa shape index (κ3) is 3.49. The van der Waals surface area contributed by atoms with Crippen molar-refractivity contribution in [1.82, 2.24) is 24.5 Å². The molecule has 1 unspecified atom stereocenters. The minimum Gasteiger partial charge on any atom is -0.379 e. The average Bonchev–Trinajstić information content (AvgIpc) is 3.16. The van der Waals surface area contributed by atoms with Gasteiger partial charge < -0.3 is 30.0 Å². The molecule has 2 aliphatic rings. The number of rotatable bonds is 7. The summed E-state index contributed by atoms with van der Waals surface area (Å²) in [5.41, 5.74) is 0.967. The Balaban J connectivity index is 1.46. The van der Waals surface area contributed by atoms with E-state index in [0.717, 1.165) is 12.8 Å². The average molecular weight is 439 g/mol. The maximum Gasteiger partial charge on any atom is 0.274 e. The highest BCUT2D eigenvalue weighted by Gasteiger charge is 2.33. The molecule has 168 valence electrons. The van der Waals surface area contributed by atoms with E-state index in [9.17, 15) is 9.59 Å². The summed E-state index contributed by atoms with van der Waals surface area (Å²) < 4.78 is 13.8. The summed E-state index contributed by atoms with van der Waals surface area (Å²) in [4.78, 5) is 30.4. The highest BCUT2D eigenvalue weighted by atomic mass is 16.5. The Morgan fingerprint density at radius 2 is 2.16 bits per heavy atom. The number of aromatic nitrogens is 4. The van der Waals surface area contributed by atoms with Crippen LogP contribution in [0.2, 0.25) is 0 Å². The first-order chi connectivity index (χ1) is 15.6. The van der Waals surface area contributed by atoms with Gasteiger partial charge in [0.2, 0.25) is 0 Å². The summed E-state index contributed by atoms with van der Waals surface area (Å²) in [6.07, 6.45) is 5.07. The van der Waals surface area contributed by atoms with E-state index in [0.29, 0.717) is 41.7 Å². The number of ether oxygens (including phenoxy) is 2. The summed E-state index contributed by atoms with van der Waals surface area (Å²) in [6.45, 7) is 1.05. The van der Waals surface area contributed by atoms with Crippen LogP contribution in [0.25, 0.3) is 5.65 Å². The van der Waals surface area contributed by atoms with Gasteiger partial charge in [-0.05, 0) is 25.0 Å². The van der Waals surface area contributed by atoms with Crippen LogP contribution in [0.1, 0.15) is 29.2 Å². The molecule has 11 heteroatoms. The smallest absolute Gasteiger partial charge is 0.274 e. The van der Waals surface area contributed by atoms with Crippen LogP contribution in [0.5, 0.6) is 0 Å². The van der Waals surface area contributed by atoms with Crippen LogP contribution in [-0.4, -0.2) is 64.6 Å².